The van der Waals surface area contributed by atoms with Gasteiger partial charge >= 0.3 is 6.03 Å². The predicted octanol–water partition coefficient (Wildman–Crippen LogP) is 1.86. The molecule has 2 heterocycles. The summed E-state index contributed by atoms with van der Waals surface area (Å²) in [5, 5.41) is 7.74. The van der Waals surface area contributed by atoms with E-state index in [0.29, 0.717) is 12.1 Å². The second-order valence-corrected chi connectivity index (χ2v) is 8.15. The Morgan fingerprint density at radius 1 is 1.06 bits per heavy atom. The minimum absolute atomic E-state index is 0.0539. The molecule has 0 aliphatic carbocycles. The van der Waals surface area contributed by atoms with Crippen molar-refractivity contribution in [1.82, 2.24) is 20.9 Å². The Morgan fingerprint density at radius 3 is 2.52 bits per heavy atom. The lowest BCUT2D eigenvalue weighted by Crippen LogP contribution is -2.62. The molecule has 9 heteroatoms. The number of imide groups is 2. The van der Waals surface area contributed by atoms with Crippen molar-refractivity contribution < 1.29 is 24.0 Å². The number of benzene rings is 1. The summed E-state index contributed by atoms with van der Waals surface area (Å²) in [5.41, 5.74) is -0.358. The van der Waals surface area contributed by atoms with Crippen LogP contribution in [-0.2, 0) is 16.1 Å². The molecule has 1 fully saturated rings. The first kappa shape index (κ1) is 22.5. The smallest absolute Gasteiger partial charge is 0.315 e. The zero-order chi connectivity index (χ0) is 22.6. The molecular weight excluding hydrogens is 400 g/mol. The molecule has 1 atom stereocenters. The van der Waals surface area contributed by atoms with Gasteiger partial charge in [-0.2, -0.15) is 0 Å². The molecule has 2 aliphatic rings. The Balaban J connectivity index is 1.64. The number of urea groups is 1. The Labute approximate surface area is 180 Å². The number of carbonyl (C=O) groups is 5. The molecule has 0 radical (unpaired) electrons. The van der Waals surface area contributed by atoms with Crippen molar-refractivity contribution in [3.63, 3.8) is 0 Å². The van der Waals surface area contributed by atoms with Crippen LogP contribution in [0, 0.1) is 0 Å². The molecule has 9 nitrogen and oxygen atoms in total. The van der Waals surface area contributed by atoms with Crippen LogP contribution in [0.5, 0.6) is 0 Å². The van der Waals surface area contributed by atoms with Gasteiger partial charge < -0.3 is 10.6 Å². The monoisotopic (exact) mass is 428 g/mol. The van der Waals surface area contributed by atoms with E-state index in [4.69, 9.17) is 0 Å². The minimum Gasteiger partial charge on any atom is -0.338 e. The van der Waals surface area contributed by atoms with Gasteiger partial charge in [-0.25, -0.2) is 4.79 Å². The zero-order valence-electron chi connectivity index (χ0n) is 17.9. The van der Waals surface area contributed by atoms with Crippen molar-refractivity contribution in [1.29, 1.82) is 0 Å². The summed E-state index contributed by atoms with van der Waals surface area (Å²) in [6, 6.07) is 4.47. The van der Waals surface area contributed by atoms with E-state index in [0.717, 1.165) is 30.6 Å². The maximum Gasteiger partial charge on any atom is 0.315 e. The van der Waals surface area contributed by atoms with E-state index in [1.165, 1.54) is 13.0 Å². The predicted molar refractivity (Wildman–Crippen MR) is 112 cm³/mol. The number of piperidine rings is 1. The number of nitrogens with one attached hydrogen (secondary N) is 3. The highest BCUT2D eigenvalue weighted by Gasteiger charge is 2.52. The lowest BCUT2D eigenvalue weighted by atomic mass is 9.89. The van der Waals surface area contributed by atoms with E-state index >= 15 is 0 Å². The van der Waals surface area contributed by atoms with E-state index in [9.17, 15) is 24.0 Å². The lowest BCUT2D eigenvalue weighted by molar-refractivity contribution is -0.140. The molecular formula is C22H28N4O5. The molecule has 31 heavy (non-hydrogen) atoms. The Kier molecular flexibility index (Phi) is 6.72. The molecule has 3 rings (SSSR count). The summed E-state index contributed by atoms with van der Waals surface area (Å²) in [6.07, 6.45) is 4.39. The van der Waals surface area contributed by atoms with Gasteiger partial charge in [0.15, 0.2) is 0 Å². The molecule has 0 aromatic heterocycles. The van der Waals surface area contributed by atoms with Crippen molar-refractivity contribution in [3.05, 3.63) is 34.9 Å². The van der Waals surface area contributed by atoms with Crippen LogP contribution in [0.4, 0.5) is 4.79 Å². The Morgan fingerprint density at radius 2 is 1.81 bits per heavy atom. The maximum absolute atomic E-state index is 13.0. The lowest BCUT2D eigenvalue weighted by Gasteiger charge is -2.38. The second-order valence-electron chi connectivity index (χ2n) is 8.15. The number of nitrogens with zero attached hydrogens (tertiary/aromatic N) is 1. The van der Waals surface area contributed by atoms with Gasteiger partial charge in [0.1, 0.15) is 5.54 Å². The number of hydrogen-bond donors (Lipinski definition) is 3. The molecule has 1 saturated heterocycles. The molecule has 0 bridgehead atoms. The average molecular weight is 428 g/mol. The molecule has 2 aliphatic heterocycles. The van der Waals surface area contributed by atoms with Crippen LogP contribution in [0.25, 0.3) is 0 Å². The van der Waals surface area contributed by atoms with Gasteiger partial charge in [-0.05, 0) is 37.5 Å². The molecule has 1 aromatic carbocycles. The van der Waals surface area contributed by atoms with Crippen molar-refractivity contribution >= 4 is 29.7 Å². The summed E-state index contributed by atoms with van der Waals surface area (Å²) in [4.78, 5) is 62.6. The summed E-state index contributed by atoms with van der Waals surface area (Å²) in [7, 11) is 0. The number of carbonyl (C=O) groups excluding carboxylic acids is 5. The van der Waals surface area contributed by atoms with Crippen LogP contribution in [0.1, 0.15) is 78.7 Å². The van der Waals surface area contributed by atoms with Gasteiger partial charge in [0.2, 0.25) is 5.91 Å². The average Bonchev–Trinajstić information content (AvgIpc) is 2.99. The molecule has 6 amide bonds. The van der Waals surface area contributed by atoms with Crippen molar-refractivity contribution in [2.45, 2.75) is 64.5 Å². The second kappa shape index (κ2) is 9.28. The highest BCUT2D eigenvalue weighted by molar-refractivity contribution is 6.24. The molecule has 1 aromatic rings. The van der Waals surface area contributed by atoms with Gasteiger partial charge in [-0.3, -0.25) is 29.4 Å². The van der Waals surface area contributed by atoms with E-state index in [2.05, 4.69) is 22.9 Å². The Bertz CT molecular complexity index is 928. The molecule has 3 N–H and O–H groups in total. The first-order valence-corrected chi connectivity index (χ1v) is 10.7. The van der Waals surface area contributed by atoms with E-state index in [1.807, 2.05) is 0 Å². The zero-order valence-corrected chi connectivity index (χ0v) is 17.9. The van der Waals surface area contributed by atoms with Gasteiger partial charge in [-0.15, -0.1) is 0 Å². The quantitative estimate of drug-likeness (QED) is 0.431. The number of amides is 6. The van der Waals surface area contributed by atoms with E-state index in [-0.39, 0.29) is 36.5 Å². The fourth-order valence-corrected chi connectivity index (χ4v) is 3.85. The van der Waals surface area contributed by atoms with Gasteiger partial charge in [0, 0.05) is 19.5 Å². The van der Waals surface area contributed by atoms with Crippen LogP contribution in [-0.4, -0.2) is 46.6 Å². The number of fused-ring (bicyclic) bond motifs is 1. The first-order valence-electron chi connectivity index (χ1n) is 10.7. The first-order chi connectivity index (χ1) is 14.8. The molecule has 0 spiro atoms. The summed E-state index contributed by atoms with van der Waals surface area (Å²) < 4.78 is 0. The minimum atomic E-state index is -1.42. The van der Waals surface area contributed by atoms with E-state index in [1.54, 1.807) is 12.1 Å². The van der Waals surface area contributed by atoms with Crippen LogP contribution in [0.15, 0.2) is 18.2 Å². The van der Waals surface area contributed by atoms with Gasteiger partial charge in [-0.1, -0.05) is 32.3 Å². The van der Waals surface area contributed by atoms with Crippen molar-refractivity contribution in [2.24, 2.45) is 0 Å². The van der Waals surface area contributed by atoms with E-state index < -0.39 is 29.2 Å². The summed E-state index contributed by atoms with van der Waals surface area (Å²) in [5.74, 6) is -2.21. The molecule has 166 valence electrons. The Hall–Kier alpha value is -3.23. The third-order valence-electron chi connectivity index (χ3n) is 5.79. The fraction of sp³-hybridized carbons (Fsp3) is 0.500. The van der Waals surface area contributed by atoms with Crippen LogP contribution in [0.3, 0.4) is 0 Å². The van der Waals surface area contributed by atoms with Crippen LogP contribution < -0.4 is 16.0 Å². The highest BCUT2D eigenvalue weighted by atomic mass is 16.2. The topological polar surface area (TPSA) is 125 Å². The largest absolute Gasteiger partial charge is 0.338 e. The van der Waals surface area contributed by atoms with Crippen LogP contribution >= 0.6 is 0 Å². The number of unbranched alkanes of at least 4 members (excludes halogenated alkanes) is 3. The third-order valence-corrected chi connectivity index (χ3v) is 5.79. The van der Waals surface area contributed by atoms with Crippen LogP contribution in [0.2, 0.25) is 0 Å². The SMILES string of the molecule is CCCCCCNC(=O)NCc1ccc2c(c1)C(=O)N(C1(C)CCC(=O)NC1=O)C2=O. The summed E-state index contributed by atoms with van der Waals surface area (Å²) >= 11 is 0. The third kappa shape index (κ3) is 4.60. The van der Waals surface area contributed by atoms with Crippen molar-refractivity contribution in [3.8, 4) is 0 Å². The van der Waals surface area contributed by atoms with Crippen molar-refractivity contribution in [2.75, 3.05) is 6.54 Å². The number of rotatable bonds is 8. The van der Waals surface area contributed by atoms with Gasteiger partial charge in [0.25, 0.3) is 17.7 Å². The normalized spacial score (nSPS) is 20.5. The van der Waals surface area contributed by atoms with Gasteiger partial charge in [0.05, 0.1) is 11.1 Å². The number of hydrogen-bond acceptors (Lipinski definition) is 5. The standard InChI is InChI=1S/C22H28N4O5/c1-3-4-5-6-11-23-21(31)24-13-14-7-8-15-16(12-14)19(29)26(18(15)28)22(2)10-9-17(27)25-20(22)30/h7-8,12H,3-6,9-11,13H2,1-2H3,(H2,23,24,31)(H,25,27,30). The maximum atomic E-state index is 13.0. The summed E-state index contributed by atoms with van der Waals surface area (Å²) in [6.45, 7) is 4.41. The fourth-order valence-electron chi connectivity index (χ4n) is 3.85. The molecule has 1 unspecified atom stereocenters. The highest BCUT2D eigenvalue weighted by Crippen LogP contribution is 2.34. The molecule has 0 saturated carbocycles.